The quantitative estimate of drug-likeness (QED) is 0.657. The minimum atomic E-state index is -0.171. The summed E-state index contributed by atoms with van der Waals surface area (Å²) >= 11 is 1.57. The molecule has 3 aromatic rings. The van der Waals surface area contributed by atoms with Crippen molar-refractivity contribution in [2.45, 2.75) is 13.5 Å². The van der Waals surface area contributed by atoms with Crippen molar-refractivity contribution in [3.8, 4) is 5.75 Å². The molecule has 0 atom stereocenters. The molecule has 3 rings (SSSR count). The molecule has 0 saturated carbocycles. The Labute approximate surface area is 115 Å². The zero-order chi connectivity index (χ0) is 13.2. The minimum Gasteiger partial charge on any atom is -0.488 e. The predicted molar refractivity (Wildman–Crippen MR) is 77.3 cm³/mol. The fourth-order valence-corrected chi connectivity index (χ4v) is 2.93. The summed E-state index contributed by atoms with van der Waals surface area (Å²) in [5.74, 6) is 0.666. The molecule has 0 unspecified atom stereocenters. The van der Waals surface area contributed by atoms with Crippen LogP contribution in [-0.4, -0.2) is 0 Å². The minimum absolute atomic E-state index is 0.171. The fraction of sp³-hybridized carbons (Fsp3) is 0.125. The number of fused-ring (bicyclic) bond motifs is 1. The molecule has 96 valence electrons. The molecule has 0 fully saturated rings. The SMILES string of the molecule is Cc1ccc(OCc2cc3c(F)cccc3s2)cc1. The van der Waals surface area contributed by atoms with Gasteiger partial charge in [0.25, 0.3) is 0 Å². The molecule has 1 aromatic heterocycles. The monoisotopic (exact) mass is 272 g/mol. The zero-order valence-electron chi connectivity index (χ0n) is 10.5. The summed E-state index contributed by atoms with van der Waals surface area (Å²) in [5.41, 5.74) is 1.20. The number of ether oxygens (including phenoxy) is 1. The molecule has 19 heavy (non-hydrogen) atoms. The van der Waals surface area contributed by atoms with Gasteiger partial charge < -0.3 is 4.74 Å². The van der Waals surface area contributed by atoms with E-state index in [4.69, 9.17) is 4.74 Å². The lowest BCUT2D eigenvalue weighted by Crippen LogP contribution is -1.92. The van der Waals surface area contributed by atoms with Gasteiger partial charge in [0.1, 0.15) is 18.2 Å². The Morgan fingerprint density at radius 1 is 1.11 bits per heavy atom. The van der Waals surface area contributed by atoms with Crippen molar-refractivity contribution < 1.29 is 9.13 Å². The Balaban J connectivity index is 1.78. The van der Waals surface area contributed by atoms with Gasteiger partial charge in [0, 0.05) is 15.0 Å². The van der Waals surface area contributed by atoms with E-state index in [1.54, 1.807) is 17.4 Å². The Hall–Kier alpha value is -1.87. The third-order valence-corrected chi connectivity index (χ3v) is 4.04. The first-order valence-electron chi connectivity index (χ1n) is 6.09. The van der Waals surface area contributed by atoms with E-state index in [2.05, 4.69) is 0 Å². The van der Waals surface area contributed by atoms with Gasteiger partial charge >= 0.3 is 0 Å². The van der Waals surface area contributed by atoms with Crippen molar-refractivity contribution in [3.05, 3.63) is 64.8 Å². The lowest BCUT2D eigenvalue weighted by atomic mass is 10.2. The first-order chi connectivity index (χ1) is 9.22. The van der Waals surface area contributed by atoms with Crippen molar-refractivity contribution in [1.29, 1.82) is 0 Å². The number of thiophene rings is 1. The Morgan fingerprint density at radius 3 is 2.63 bits per heavy atom. The molecule has 0 spiro atoms. The summed E-state index contributed by atoms with van der Waals surface area (Å²) in [5, 5.41) is 0.676. The molecule has 0 aliphatic heterocycles. The maximum Gasteiger partial charge on any atom is 0.131 e. The molecule has 0 bridgehead atoms. The van der Waals surface area contributed by atoms with Crippen LogP contribution in [0.15, 0.2) is 48.5 Å². The van der Waals surface area contributed by atoms with E-state index >= 15 is 0 Å². The third kappa shape index (κ3) is 2.61. The molecule has 0 N–H and O–H groups in total. The van der Waals surface area contributed by atoms with E-state index in [-0.39, 0.29) is 5.82 Å². The van der Waals surface area contributed by atoms with E-state index in [9.17, 15) is 4.39 Å². The topological polar surface area (TPSA) is 9.23 Å². The van der Waals surface area contributed by atoms with Crippen LogP contribution in [0, 0.1) is 12.7 Å². The van der Waals surface area contributed by atoms with E-state index in [1.165, 1.54) is 11.6 Å². The normalized spacial score (nSPS) is 10.8. The van der Waals surface area contributed by atoms with Gasteiger partial charge in [0.15, 0.2) is 0 Å². The molecule has 0 aliphatic rings. The molecule has 1 heterocycles. The maximum atomic E-state index is 13.6. The van der Waals surface area contributed by atoms with Gasteiger partial charge in [-0.25, -0.2) is 4.39 Å². The lowest BCUT2D eigenvalue weighted by Gasteiger charge is -2.04. The molecule has 2 aromatic carbocycles. The van der Waals surface area contributed by atoms with E-state index in [1.807, 2.05) is 43.3 Å². The van der Waals surface area contributed by atoms with E-state index < -0.39 is 0 Å². The summed E-state index contributed by atoms with van der Waals surface area (Å²) in [6.07, 6.45) is 0. The predicted octanol–water partition coefficient (Wildman–Crippen LogP) is 4.93. The van der Waals surface area contributed by atoms with Crippen LogP contribution in [0.4, 0.5) is 4.39 Å². The largest absolute Gasteiger partial charge is 0.488 e. The average Bonchev–Trinajstić information content (AvgIpc) is 2.83. The van der Waals surface area contributed by atoms with Crippen molar-refractivity contribution in [2.75, 3.05) is 0 Å². The van der Waals surface area contributed by atoms with Gasteiger partial charge in [-0.3, -0.25) is 0 Å². The molecular formula is C16H13FOS. The highest BCUT2D eigenvalue weighted by Crippen LogP contribution is 2.28. The smallest absolute Gasteiger partial charge is 0.131 e. The molecular weight excluding hydrogens is 259 g/mol. The van der Waals surface area contributed by atoms with E-state index in [0.29, 0.717) is 12.0 Å². The molecule has 3 heteroatoms. The molecule has 0 radical (unpaired) electrons. The Kier molecular flexibility index (Phi) is 3.22. The van der Waals surface area contributed by atoms with Crippen LogP contribution >= 0.6 is 11.3 Å². The highest BCUT2D eigenvalue weighted by Gasteiger charge is 2.06. The molecule has 0 saturated heterocycles. The second-order valence-electron chi connectivity index (χ2n) is 4.47. The summed E-state index contributed by atoms with van der Waals surface area (Å²) in [4.78, 5) is 1.03. The van der Waals surface area contributed by atoms with Crippen molar-refractivity contribution in [2.24, 2.45) is 0 Å². The van der Waals surface area contributed by atoms with Crippen molar-refractivity contribution in [3.63, 3.8) is 0 Å². The highest BCUT2D eigenvalue weighted by atomic mass is 32.1. The van der Waals surface area contributed by atoms with Crippen LogP contribution in [0.5, 0.6) is 5.75 Å². The summed E-state index contributed by atoms with van der Waals surface area (Å²) in [6.45, 7) is 2.51. The van der Waals surface area contributed by atoms with Crippen LogP contribution < -0.4 is 4.74 Å². The zero-order valence-corrected chi connectivity index (χ0v) is 11.3. The van der Waals surface area contributed by atoms with Crippen molar-refractivity contribution >= 4 is 21.4 Å². The van der Waals surface area contributed by atoms with Crippen LogP contribution in [-0.2, 0) is 6.61 Å². The molecule has 0 amide bonds. The highest BCUT2D eigenvalue weighted by molar-refractivity contribution is 7.19. The van der Waals surface area contributed by atoms with Gasteiger partial charge in [0.2, 0.25) is 0 Å². The second-order valence-corrected chi connectivity index (χ2v) is 5.63. The van der Waals surface area contributed by atoms with Crippen LogP contribution in [0.2, 0.25) is 0 Å². The number of rotatable bonds is 3. The van der Waals surface area contributed by atoms with E-state index in [0.717, 1.165) is 15.3 Å². The van der Waals surface area contributed by atoms with Crippen LogP contribution in [0.25, 0.3) is 10.1 Å². The van der Waals surface area contributed by atoms with Crippen LogP contribution in [0.3, 0.4) is 0 Å². The average molecular weight is 272 g/mol. The number of benzene rings is 2. The number of aryl methyl sites for hydroxylation is 1. The lowest BCUT2D eigenvalue weighted by molar-refractivity contribution is 0.310. The first-order valence-corrected chi connectivity index (χ1v) is 6.90. The Bertz CT molecular complexity index is 700. The number of hydrogen-bond acceptors (Lipinski definition) is 2. The summed E-state index contributed by atoms with van der Waals surface area (Å²) < 4.78 is 20.2. The Morgan fingerprint density at radius 2 is 1.89 bits per heavy atom. The molecule has 0 aliphatic carbocycles. The summed E-state index contributed by atoms with van der Waals surface area (Å²) in [6, 6.07) is 14.9. The third-order valence-electron chi connectivity index (χ3n) is 2.96. The standard InChI is InChI=1S/C16H13FOS/c1-11-5-7-12(8-6-11)18-10-13-9-14-15(17)3-2-4-16(14)19-13/h2-9H,10H2,1H3. The van der Waals surface area contributed by atoms with Gasteiger partial charge in [-0.1, -0.05) is 23.8 Å². The maximum absolute atomic E-state index is 13.6. The van der Waals surface area contributed by atoms with Crippen molar-refractivity contribution in [1.82, 2.24) is 0 Å². The van der Waals surface area contributed by atoms with Gasteiger partial charge in [0.05, 0.1) is 0 Å². The van der Waals surface area contributed by atoms with Gasteiger partial charge in [-0.2, -0.15) is 0 Å². The van der Waals surface area contributed by atoms with Gasteiger partial charge in [-0.15, -0.1) is 11.3 Å². The second kappa shape index (κ2) is 5.02. The van der Waals surface area contributed by atoms with Gasteiger partial charge in [-0.05, 0) is 37.3 Å². The first kappa shape index (κ1) is 12.2. The fourth-order valence-electron chi connectivity index (χ4n) is 1.94. The summed E-state index contributed by atoms with van der Waals surface area (Å²) in [7, 11) is 0. The number of halogens is 1. The number of hydrogen-bond donors (Lipinski definition) is 0. The molecule has 1 nitrogen and oxygen atoms in total. The van der Waals surface area contributed by atoms with Crippen LogP contribution in [0.1, 0.15) is 10.4 Å².